The summed E-state index contributed by atoms with van der Waals surface area (Å²) >= 11 is 0. The lowest BCUT2D eigenvalue weighted by atomic mass is 9.61. The Hall–Kier alpha value is -1.65. The first-order valence-corrected chi connectivity index (χ1v) is 10.8. The molecule has 1 unspecified atom stereocenters. The molecule has 1 aliphatic heterocycles. The molecular formula is C24H35NO3. The van der Waals surface area contributed by atoms with E-state index < -0.39 is 11.6 Å². The molecule has 1 aromatic carbocycles. The number of carbonyl (C=O) groups is 1. The van der Waals surface area contributed by atoms with Crippen molar-refractivity contribution < 1.29 is 14.6 Å². The van der Waals surface area contributed by atoms with E-state index in [1.807, 2.05) is 37.3 Å². The maximum absolute atomic E-state index is 13.0. The maximum atomic E-state index is 13.0. The highest BCUT2D eigenvalue weighted by molar-refractivity contribution is 5.82. The van der Waals surface area contributed by atoms with Crippen LogP contribution in [0.15, 0.2) is 43.0 Å². The fourth-order valence-electron chi connectivity index (χ4n) is 5.15. The summed E-state index contributed by atoms with van der Waals surface area (Å²) < 4.78 is 5.84. The second-order valence-electron chi connectivity index (χ2n) is 8.71. The summed E-state index contributed by atoms with van der Waals surface area (Å²) in [6.07, 6.45) is 9.91. The van der Waals surface area contributed by atoms with Gasteiger partial charge in [0, 0.05) is 5.92 Å². The van der Waals surface area contributed by atoms with Gasteiger partial charge in [0.25, 0.3) is 0 Å². The van der Waals surface area contributed by atoms with Gasteiger partial charge in [0.05, 0.1) is 0 Å². The first-order chi connectivity index (χ1) is 13.5. The van der Waals surface area contributed by atoms with Crippen molar-refractivity contribution in [1.82, 2.24) is 5.32 Å². The van der Waals surface area contributed by atoms with E-state index in [2.05, 4.69) is 11.9 Å². The largest absolute Gasteiger partial charge is 0.460 e. The monoisotopic (exact) mass is 385 g/mol. The van der Waals surface area contributed by atoms with Gasteiger partial charge in [-0.25, -0.2) is 4.79 Å². The summed E-state index contributed by atoms with van der Waals surface area (Å²) in [6, 6.07) is 9.39. The minimum Gasteiger partial charge on any atom is -0.460 e. The van der Waals surface area contributed by atoms with Gasteiger partial charge < -0.3 is 15.2 Å². The van der Waals surface area contributed by atoms with Gasteiger partial charge in [0.1, 0.15) is 6.10 Å². The van der Waals surface area contributed by atoms with Gasteiger partial charge in [0.15, 0.2) is 5.60 Å². The molecule has 1 atom stereocenters. The molecule has 0 radical (unpaired) electrons. The van der Waals surface area contributed by atoms with Gasteiger partial charge in [-0.15, -0.1) is 6.58 Å². The number of benzene rings is 1. The van der Waals surface area contributed by atoms with Gasteiger partial charge in [-0.2, -0.15) is 0 Å². The number of ether oxygens (including phenoxy) is 1. The Morgan fingerprint density at radius 1 is 1.21 bits per heavy atom. The van der Waals surface area contributed by atoms with Crippen LogP contribution in [0.3, 0.4) is 0 Å². The van der Waals surface area contributed by atoms with Crippen LogP contribution in [0, 0.1) is 11.3 Å². The van der Waals surface area contributed by atoms with E-state index in [0.29, 0.717) is 11.0 Å². The molecule has 2 aliphatic carbocycles. The van der Waals surface area contributed by atoms with Gasteiger partial charge in [-0.1, -0.05) is 49.2 Å². The van der Waals surface area contributed by atoms with Crippen LogP contribution in [0.1, 0.15) is 63.9 Å². The van der Waals surface area contributed by atoms with Crippen LogP contribution in [-0.4, -0.2) is 30.3 Å². The Morgan fingerprint density at radius 3 is 2.36 bits per heavy atom. The van der Waals surface area contributed by atoms with E-state index in [1.165, 1.54) is 12.8 Å². The van der Waals surface area contributed by atoms with Crippen LogP contribution < -0.4 is 5.32 Å². The van der Waals surface area contributed by atoms with Crippen molar-refractivity contribution in [2.75, 3.05) is 13.1 Å². The number of hydrogen-bond donors (Lipinski definition) is 2. The molecule has 1 aromatic rings. The normalized spacial score (nSPS) is 23.8. The minimum atomic E-state index is -1.49. The Balaban J connectivity index is 0.000000706. The van der Waals surface area contributed by atoms with Gasteiger partial charge in [0.2, 0.25) is 0 Å². The average molecular weight is 386 g/mol. The van der Waals surface area contributed by atoms with E-state index in [4.69, 9.17) is 4.74 Å². The number of nitrogens with one attached hydrogen (secondary N) is 1. The lowest BCUT2D eigenvalue weighted by molar-refractivity contribution is -0.191. The summed E-state index contributed by atoms with van der Waals surface area (Å²) in [6.45, 7) is 7.38. The fourth-order valence-corrected chi connectivity index (χ4v) is 5.15. The smallest absolute Gasteiger partial charge is 0.343 e. The molecule has 1 heterocycles. The number of hydrogen-bond acceptors (Lipinski definition) is 4. The zero-order chi connectivity index (χ0) is 20.0. The summed E-state index contributed by atoms with van der Waals surface area (Å²) in [5.41, 5.74) is -0.439. The summed E-state index contributed by atoms with van der Waals surface area (Å²) in [4.78, 5) is 13.0. The molecule has 3 fully saturated rings. The first kappa shape index (κ1) is 21.1. The number of piperidine rings is 1. The third-order valence-corrected chi connectivity index (χ3v) is 6.73. The molecule has 1 spiro atoms. The van der Waals surface area contributed by atoms with E-state index >= 15 is 0 Å². The lowest BCUT2D eigenvalue weighted by Crippen LogP contribution is -2.52. The van der Waals surface area contributed by atoms with Gasteiger partial charge >= 0.3 is 5.97 Å². The molecule has 4 rings (SSSR count). The fraction of sp³-hybridized carbons (Fsp3) is 0.625. The van der Waals surface area contributed by atoms with Crippen molar-refractivity contribution in [3.8, 4) is 0 Å². The van der Waals surface area contributed by atoms with Crippen LogP contribution in [-0.2, 0) is 15.1 Å². The third kappa shape index (κ3) is 4.33. The number of carbonyl (C=O) groups excluding carboxylic acids is 1. The number of esters is 1. The summed E-state index contributed by atoms with van der Waals surface area (Å²) in [5.74, 6) is -0.463. The lowest BCUT2D eigenvalue weighted by Gasteiger charge is -2.50. The predicted octanol–water partition coefficient (Wildman–Crippen LogP) is 4.33. The Kier molecular flexibility index (Phi) is 6.95. The number of rotatable bonds is 4. The topological polar surface area (TPSA) is 58.6 Å². The first-order valence-electron chi connectivity index (χ1n) is 10.8. The number of allylic oxidation sites excluding steroid dienone is 1. The van der Waals surface area contributed by atoms with Crippen molar-refractivity contribution in [2.45, 2.75) is 70.0 Å². The molecule has 28 heavy (non-hydrogen) atoms. The summed E-state index contributed by atoms with van der Waals surface area (Å²) in [7, 11) is 0. The Bertz CT molecular complexity index is 639. The zero-order valence-electron chi connectivity index (χ0n) is 17.2. The van der Waals surface area contributed by atoms with Crippen molar-refractivity contribution >= 4 is 5.97 Å². The van der Waals surface area contributed by atoms with Crippen LogP contribution >= 0.6 is 0 Å². The Labute approximate surface area is 169 Å². The van der Waals surface area contributed by atoms with E-state index in [0.717, 1.165) is 51.6 Å². The molecule has 2 N–H and O–H groups in total. The number of aliphatic hydroxyl groups is 1. The molecule has 0 bridgehead atoms. The van der Waals surface area contributed by atoms with Crippen LogP contribution in [0.4, 0.5) is 0 Å². The third-order valence-electron chi connectivity index (χ3n) is 6.73. The molecule has 0 amide bonds. The molecule has 2 saturated carbocycles. The Morgan fingerprint density at radius 2 is 1.79 bits per heavy atom. The highest BCUT2D eigenvalue weighted by atomic mass is 16.6. The zero-order valence-corrected chi connectivity index (χ0v) is 17.2. The van der Waals surface area contributed by atoms with Gasteiger partial charge in [-0.3, -0.25) is 0 Å². The predicted molar refractivity (Wildman–Crippen MR) is 112 cm³/mol. The molecular weight excluding hydrogens is 350 g/mol. The molecule has 0 aromatic heterocycles. The van der Waals surface area contributed by atoms with Crippen molar-refractivity contribution in [1.29, 1.82) is 0 Å². The molecule has 4 nitrogen and oxygen atoms in total. The minimum absolute atomic E-state index is 0.0257. The van der Waals surface area contributed by atoms with Crippen LogP contribution in [0.5, 0.6) is 0 Å². The van der Waals surface area contributed by atoms with E-state index in [1.54, 1.807) is 6.08 Å². The van der Waals surface area contributed by atoms with Crippen molar-refractivity contribution in [2.24, 2.45) is 11.3 Å². The molecule has 1 saturated heterocycles. The van der Waals surface area contributed by atoms with Crippen molar-refractivity contribution in [3.05, 3.63) is 48.6 Å². The van der Waals surface area contributed by atoms with E-state index in [9.17, 15) is 9.90 Å². The average Bonchev–Trinajstić information content (AvgIpc) is 3.23. The van der Waals surface area contributed by atoms with Crippen LogP contribution in [0.2, 0.25) is 0 Å². The van der Waals surface area contributed by atoms with E-state index in [-0.39, 0.29) is 12.0 Å². The summed E-state index contributed by atoms with van der Waals surface area (Å²) in [5, 5.41) is 14.8. The molecule has 154 valence electrons. The maximum Gasteiger partial charge on any atom is 0.343 e. The van der Waals surface area contributed by atoms with Gasteiger partial charge in [-0.05, 0) is 69.5 Å². The standard InChI is InChI=1S/C21H29NO3.C3H6/c23-19(25-18-14-20(15-18)10-12-22-13-11-20)21(24,17-8-4-5-9-17)16-6-2-1-3-7-16;1-3-2/h1-3,6-7,17-18,22,24H,4-5,8-15H2;3H,1H2,2H3. The highest BCUT2D eigenvalue weighted by Crippen LogP contribution is 2.50. The second kappa shape index (κ2) is 9.23. The van der Waals surface area contributed by atoms with Crippen LogP contribution in [0.25, 0.3) is 0 Å². The van der Waals surface area contributed by atoms with Crippen molar-refractivity contribution in [3.63, 3.8) is 0 Å². The highest BCUT2D eigenvalue weighted by Gasteiger charge is 2.52. The quantitative estimate of drug-likeness (QED) is 0.598. The SMILES string of the molecule is C=CC.O=C(OC1CC2(CCNCC2)C1)C(O)(c1ccccc1)C1CCCC1. The second-order valence-corrected chi connectivity index (χ2v) is 8.71. The molecule has 3 aliphatic rings. The molecule has 4 heteroatoms.